The summed E-state index contributed by atoms with van der Waals surface area (Å²) in [7, 11) is 0. The molecule has 0 spiro atoms. The number of hydrogen-bond donors (Lipinski definition) is 2. The molecule has 6 heteroatoms. The Morgan fingerprint density at radius 2 is 2.11 bits per heavy atom. The molecule has 1 atom stereocenters. The van der Waals surface area contributed by atoms with Crippen LogP contribution >= 0.6 is 0 Å². The van der Waals surface area contributed by atoms with Gasteiger partial charge in [-0.05, 0) is 24.5 Å². The molecule has 1 aliphatic heterocycles. The molecule has 0 aliphatic carbocycles. The maximum absolute atomic E-state index is 12.8. The molecule has 18 heavy (non-hydrogen) atoms. The number of rotatable bonds is 1. The Labute approximate surface area is 102 Å². The second-order valence-corrected chi connectivity index (χ2v) is 4.23. The Balaban J connectivity index is 2.57. The van der Waals surface area contributed by atoms with Crippen molar-refractivity contribution >= 4 is 11.7 Å². The van der Waals surface area contributed by atoms with Gasteiger partial charge in [0.25, 0.3) is 0 Å². The van der Waals surface area contributed by atoms with Gasteiger partial charge in [-0.2, -0.15) is 13.2 Å². The second-order valence-electron chi connectivity index (χ2n) is 4.23. The molecule has 0 saturated heterocycles. The van der Waals surface area contributed by atoms with Crippen LogP contribution in [0, 0.1) is 0 Å². The number of fused-ring (bicyclic) bond motifs is 1. The molecule has 0 radical (unpaired) electrons. The highest BCUT2D eigenvalue weighted by atomic mass is 19.4. The summed E-state index contributed by atoms with van der Waals surface area (Å²) in [4.78, 5) is 11.1. The first kappa shape index (κ1) is 12.7. The first-order valence-electron chi connectivity index (χ1n) is 5.58. The number of halogens is 3. The molecule has 1 aromatic carbocycles. The summed E-state index contributed by atoms with van der Waals surface area (Å²) in [6.07, 6.45) is -3.61. The molecule has 1 aromatic rings. The maximum Gasteiger partial charge on any atom is 0.418 e. The number of carbonyl (C=O) groups is 1. The molecule has 0 fully saturated rings. The maximum atomic E-state index is 12.8. The Hall–Kier alpha value is -1.72. The third-order valence-corrected chi connectivity index (χ3v) is 3.05. The van der Waals surface area contributed by atoms with Crippen LogP contribution in [0.25, 0.3) is 0 Å². The van der Waals surface area contributed by atoms with Crippen molar-refractivity contribution in [3.8, 4) is 0 Å². The lowest BCUT2D eigenvalue weighted by atomic mass is 9.92. The predicted molar refractivity (Wildman–Crippen MR) is 59.5 cm³/mol. The summed E-state index contributed by atoms with van der Waals surface area (Å²) in [5.41, 5.74) is -0.669. The van der Waals surface area contributed by atoms with Crippen molar-refractivity contribution in [1.29, 1.82) is 0 Å². The van der Waals surface area contributed by atoms with E-state index in [2.05, 4.69) is 5.32 Å². The van der Waals surface area contributed by atoms with Gasteiger partial charge in [-0.25, -0.2) is 0 Å². The number of para-hydroxylation sites is 1. The molecule has 2 N–H and O–H groups in total. The molecular weight excluding hydrogens is 247 g/mol. The third kappa shape index (κ3) is 2.27. The molecule has 98 valence electrons. The van der Waals surface area contributed by atoms with Gasteiger partial charge in [-0.15, -0.1) is 0 Å². The SMILES string of the molecule is O=C(O)C1CCCNc2c1cccc2C(F)(F)F. The Morgan fingerprint density at radius 3 is 2.72 bits per heavy atom. The molecule has 0 bridgehead atoms. The number of anilines is 1. The minimum Gasteiger partial charge on any atom is -0.481 e. The molecule has 1 heterocycles. The van der Waals surface area contributed by atoms with Crippen molar-refractivity contribution in [2.24, 2.45) is 0 Å². The van der Waals surface area contributed by atoms with Gasteiger partial charge in [0.05, 0.1) is 17.2 Å². The van der Waals surface area contributed by atoms with E-state index in [9.17, 15) is 18.0 Å². The fourth-order valence-corrected chi connectivity index (χ4v) is 2.23. The zero-order valence-electron chi connectivity index (χ0n) is 9.42. The van der Waals surface area contributed by atoms with Gasteiger partial charge in [0, 0.05) is 6.54 Å². The van der Waals surface area contributed by atoms with Crippen LogP contribution in [0.5, 0.6) is 0 Å². The highest BCUT2D eigenvalue weighted by Gasteiger charge is 2.36. The van der Waals surface area contributed by atoms with Gasteiger partial charge >= 0.3 is 12.1 Å². The van der Waals surface area contributed by atoms with E-state index >= 15 is 0 Å². The summed E-state index contributed by atoms with van der Waals surface area (Å²) in [6, 6.07) is 3.67. The quantitative estimate of drug-likeness (QED) is 0.814. The van der Waals surface area contributed by atoms with Crippen LogP contribution in [0.2, 0.25) is 0 Å². The predicted octanol–water partition coefficient (Wildman–Crippen LogP) is 3.08. The van der Waals surface area contributed by atoms with Crippen LogP contribution in [0.1, 0.15) is 29.9 Å². The molecule has 0 saturated carbocycles. The van der Waals surface area contributed by atoms with Crippen LogP contribution in [0.4, 0.5) is 18.9 Å². The minimum atomic E-state index is -4.48. The number of aliphatic carboxylic acids is 1. The van der Waals surface area contributed by atoms with E-state index in [0.717, 1.165) is 6.07 Å². The zero-order chi connectivity index (χ0) is 13.3. The zero-order valence-corrected chi connectivity index (χ0v) is 9.42. The van der Waals surface area contributed by atoms with Crippen molar-refractivity contribution < 1.29 is 23.1 Å². The standard InChI is InChI=1S/C12H12F3NO2/c13-12(14,15)9-5-1-3-7-8(11(17)18)4-2-6-16-10(7)9/h1,3,5,8,16H,2,4,6H2,(H,17,18). The van der Waals surface area contributed by atoms with Gasteiger partial charge in [0.15, 0.2) is 0 Å². The fraction of sp³-hybridized carbons (Fsp3) is 0.417. The van der Waals surface area contributed by atoms with Gasteiger partial charge in [0.2, 0.25) is 0 Å². The van der Waals surface area contributed by atoms with Crippen LogP contribution in [-0.4, -0.2) is 17.6 Å². The smallest absolute Gasteiger partial charge is 0.418 e. The molecule has 1 aliphatic rings. The van der Waals surface area contributed by atoms with E-state index in [4.69, 9.17) is 5.11 Å². The highest BCUT2D eigenvalue weighted by Crippen LogP contribution is 2.41. The third-order valence-electron chi connectivity index (χ3n) is 3.05. The topological polar surface area (TPSA) is 49.3 Å². The number of benzene rings is 1. The summed E-state index contributed by atoms with van der Waals surface area (Å²) in [5.74, 6) is -1.96. The van der Waals surface area contributed by atoms with Crippen molar-refractivity contribution in [2.75, 3.05) is 11.9 Å². The summed E-state index contributed by atoms with van der Waals surface area (Å²) in [5, 5.41) is 11.8. The first-order chi connectivity index (χ1) is 8.41. The van der Waals surface area contributed by atoms with Gasteiger partial charge in [0.1, 0.15) is 0 Å². The first-order valence-corrected chi connectivity index (χ1v) is 5.58. The van der Waals surface area contributed by atoms with Crippen molar-refractivity contribution in [1.82, 2.24) is 0 Å². The van der Waals surface area contributed by atoms with Crippen molar-refractivity contribution in [3.05, 3.63) is 29.3 Å². The minimum absolute atomic E-state index is 0.0881. The lowest BCUT2D eigenvalue weighted by Gasteiger charge is -2.18. The van der Waals surface area contributed by atoms with Gasteiger partial charge in [-0.1, -0.05) is 12.1 Å². The van der Waals surface area contributed by atoms with Gasteiger partial charge in [-0.3, -0.25) is 4.79 Å². The molecule has 0 aromatic heterocycles. The molecular formula is C12H12F3NO2. The monoisotopic (exact) mass is 259 g/mol. The molecule has 0 amide bonds. The summed E-state index contributed by atoms with van der Waals surface area (Å²) in [6.45, 7) is 0.351. The lowest BCUT2D eigenvalue weighted by molar-refractivity contribution is -0.140. The lowest BCUT2D eigenvalue weighted by Crippen LogP contribution is -2.15. The molecule has 2 rings (SSSR count). The summed E-state index contributed by atoms with van der Waals surface area (Å²) >= 11 is 0. The molecule has 1 unspecified atom stereocenters. The average molecular weight is 259 g/mol. The van der Waals surface area contributed by atoms with Crippen LogP contribution in [0.3, 0.4) is 0 Å². The Bertz CT molecular complexity index is 471. The Morgan fingerprint density at radius 1 is 1.39 bits per heavy atom. The molecule has 3 nitrogen and oxygen atoms in total. The van der Waals surface area contributed by atoms with Crippen molar-refractivity contribution in [2.45, 2.75) is 24.9 Å². The van der Waals surface area contributed by atoms with E-state index < -0.39 is 23.6 Å². The number of carboxylic acids is 1. The summed E-state index contributed by atoms with van der Waals surface area (Å²) < 4.78 is 38.5. The fourth-order valence-electron chi connectivity index (χ4n) is 2.23. The van der Waals surface area contributed by atoms with E-state index in [0.29, 0.717) is 19.4 Å². The second kappa shape index (κ2) is 4.51. The van der Waals surface area contributed by atoms with E-state index in [1.54, 1.807) is 0 Å². The number of carboxylic acid groups (broad SMARTS) is 1. The van der Waals surface area contributed by atoms with E-state index in [1.807, 2.05) is 0 Å². The highest BCUT2D eigenvalue weighted by molar-refractivity contribution is 5.80. The number of hydrogen-bond acceptors (Lipinski definition) is 2. The van der Waals surface area contributed by atoms with Crippen LogP contribution < -0.4 is 5.32 Å². The van der Waals surface area contributed by atoms with E-state index in [-0.39, 0.29) is 11.3 Å². The van der Waals surface area contributed by atoms with Gasteiger partial charge < -0.3 is 10.4 Å². The van der Waals surface area contributed by atoms with E-state index in [1.165, 1.54) is 12.1 Å². The van der Waals surface area contributed by atoms with Crippen LogP contribution in [0.15, 0.2) is 18.2 Å². The van der Waals surface area contributed by atoms with Crippen LogP contribution in [-0.2, 0) is 11.0 Å². The number of nitrogens with one attached hydrogen (secondary N) is 1. The van der Waals surface area contributed by atoms with Crippen molar-refractivity contribution in [3.63, 3.8) is 0 Å². The Kier molecular flexibility index (Phi) is 3.19. The normalized spacial score (nSPS) is 19.6. The number of alkyl halides is 3. The largest absolute Gasteiger partial charge is 0.481 e. The average Bonchev–Trinajstić information content (AvgIpc) is 2.48.